The Balaban J connectivity index is 1.91. The van der Waals surface area contributed by atoms with E-state index >= 15 is 0 Å². The molecule has 0 aromatic heterocycles. The van der Waals surface area contributed by atoms with Gasteiger partial charge in [-0.25, -0.2) is 5.43 Å². The molecule has 0 aliphatic carbocycles. The summed E-state index contributed by atoms with van der Waals surface area (Å²) < 4.78 is 0. The second-order valence-corrected chi connectivity index (χ2v) is 4.99. The van der Waals surface area contributed by atoms with Crippen molar-refractivity contribution in [3.05, 3.63) is 64.7 Å². The first-order chi connectivity index (χ1) is 10.0. The smallest absolute Gasteiger partial charge is 0.244 e. The number of phenolic OH excluding ortho intramolecular Hbond substituents is 1. The predicted molar refractivity (Wildman–Crippen MR) is 83.5 cm³/mol. The summed E-state index contributed by atoms with van der Waals surface area (Å²) in [6.45, 7) is 4.02. The highest BCUT2D eigenvalue weighted by atomic mass is 16.3. The fourth-order valence-electron chi connectivity index (χ4n) is 2.00. The Kier molecular flexibility index (Phi) is 4.72. The van der Waals surface area contributed by atoms with Gasteiger partial charge in [-0.3, -0.25) is 4.79 Å². The maximum Gasteiger partial charge on any atom is 0.244 e. The van der Waals surface area contributed by atoms with Gasteiger partial charge in [-0.1, -0.05) is 23.8 Å². The molecule has 2 N–H and O–H groups in total. The average molecular weight is 282 g/mol. The maximum absolute atomic E-state index is 11.8. The van der Waals surface area contributed by atoms with Gasteiger partial charge < -0.3 is 5.11 Å². The van der Waals surface area contributed by atoms with Crippen molar-refractivity contribution in [1.82, 2.24) is 5.43 Å². The lowest BCUT2D eigenvalue weighted by atomic mass is 10.0. The molecule has 108 valence electrons. The van der Waals surface area contributed by atoms with Crippen molar-refractivity contribution in [2.24, 2.45) is 5.10 Å². The van der Waals surface area contributed by atoms with Crippen molar-refractivity contribution in [3.63, 3.8) is 0 Å². The fraction of sp³-hybridized carbons (Fsp3) is 0.176. The molecule has 0 spiro atoms. The first-order valence-electron chi connectivity index (χ1n) is 6.71. The molecule has 0 fully saturated rings. The van der Waals surface area contributed by atoms with Crippen LogP contribution in [-0.4, -0.2) is 17.2 Å². The molecular weight excluding hydrogens is 264 g/mol. The zero-order valence-corrected chi connectivity index (χ0v) is 12.1. The van der Waals surface area contributed by atoms with E-state index in [1.807, 2.05) is 26.0 Å². The molecule has 1 amide bonds. The largest absolute Gasteiger partial charge is 0.508 e. The highest BCUT2D eigenvalue weighted by Crippen LogP contribution is 2.11. The van der Waals surface area contributed by atoms with Gasteiger partial charge in [-0.05, 0) is 54.8 Å². The lowest BCUT2D eigenvalue weighted by Gasteiger charge is -2.05. The second-order valence-electron chi connectivity index (χ2n) is 4.99. The molecule has 4 nitrogen and oxygen atoms in total. The molecule has 21 heavy (non-hydrogen) atoms. The summed E-state index contributed by atoms with van der Waals surface area (Å²) in [5, 5.41) is 13.1. The lowest BCUT2D eigenvalue weighted by molar-refractivity contribution is -0.120. The molecule has 0 aliphatic rings. The van der Waals surface area contributed by atoms with Crippen LogP contribution in [0.15, 0.2) is 47.6 Å². The van der Waals surface area contributed by atoms with Crippen molar-refractivity contribution in [2.75, 3.05) is 0 Å². The molecule has 0 heterocycles. The number of aromatic hydroxyl groups is 1. The zero-order valence-electron chi connectivity index (χ0n) is 12.1. The average Bonchev–Trinajstić information content (AvgIpc) is 2.44. The number of carbonyl (C=O) groups excluding carboxylic acids is 1. The minimum atomic E-state index is -0.156. The molecule has 0 unspecified atom stereocenters. The van der Waals surface area contributed by atoms with E-state index in [0.717, 1.165) is 16.7 Å². The quantitative estimate of drug-likeness (QED) is 0.669. The Labute approximate surface area is 124 Å². The number of phenols is 1. The normalized spacial score (nSPS) is 10.8. The van der Waals surface area contributed by atoms with Gasteiger partial charge in [-0.15, -0.1) is 0 Å². The van der Waals surface area contributed by atoms with Gasteiger partial charge >= 0.3 is 0 Å². The first-order valence-corrected chi connectivity index (χ1v) is 6.71. The van der Waals surface area contributed by atoms with Crippen LogP contribution in [-0.2, 0) is 11.2 Å². The Morgan fingerprint density at radius 1 is 1.19 bits per heavy atom. The summed E-state index contributed by atoms with van der Waals surface area (Å²) >= 11 is 0. The van der Waals surface area contributed by atoms with Crippen LogP contribution in [0.2, 0.25) is 0 Å². The number of rotatable bonds is 4. The highest BCUT2D eigenvalue weighted by molar-refractivity contribution is 5.83. The van der Waals surface area contributed by atoms with Crippen LogP contribution in [0.5, 0.6) is 5.75 Å². The molecule has 2 rings (SSSR count). The van der Waals surface area contributed by atoms with Crippen LogP contribution in [0.25, 0.3) is 0 Å². The number of nitrogens with one attached hydrogen (secondary N) is 1. The van der Waals surface area contributed by atoms with Gasteiger partial charge in [0.2, 0.25) is 5.91 Å². The van der Waals surface area contributed by atoms with Gasteiger partial charge in [0.05, 0.1) is 12.6 Å². The van der Waals surface area contributed by atoms with Crippen LogP contribution in [0.4, 0.5) is 0 Å². The Hall–Kier alpha value is -2.62. The number of carbonyl (C=O) groups is 1. The number of hydrazone groups is 1. The molecular formula is C17H18N2O2. The minimum Gasteiger partial charge on any atom is -0.508 e. The third-order valence-corrected chi connectivity index (χ3v) is 3.15. The van der Waals surface area contributed by atoms with Gasteiger partial charge in [0.15, 0.2) is 0 Å². The van der Waals surface area contributed by atoms with Crippen molar-refractivity contribution in [2.45, 2.75) is 20.3 Å². The van der Waals surface area contributed by atoms with Crippen LogP contribution in [0.1, 0.15) is 22.3 Å². The predicted octanol–water partition coefficient (Wildman–Crippen LogP) is 2.70. The number of benzene rings is 2. The Morgan fingerprint density at radius 3 is 2.57 bits per heavy atom. The van der Waals surface area contributed by atoms with Gasteiger partial charge in [0.1, 0.15) is 5.75 Å². The molecule has 0 saturated heterocycles. The molecule has 0 bridgehead atoms. The number of amides is 1. The Morgan fingerprint density at radius 2 is 1.90 bits per heavy atom. The van der Waals surface area contributed by atoms with Gasteiger partial charge in [-0.2, -0.15) is 5.10 Å². The molecule has 0 radical (unpaired) electrons. The number of hydrogen-bond donors (Lipinski definition) is 2. The van der Waals surface area contributed by atoms with E-state index in [4.69, 9.17) is 5.11 Å². The summed E-state index contributed by atoms with van der Waals surface area (Å²) in [5.74, 6) is 0.0445. The summed E-state index contributed by atoms with van der Waals surface area (Å²) in [5.41, 5.74) is 6.59. The summed E-state index contributed by atoms with van der Waals surface area (Å²) in [4.78, 5) is 11.8. The van der Waals surface area contributed by atoms with E-state index in [0.29, 0.717) is 6.42 Å². The van der Waals surface area contributed by atoms with Crippen LogP contribution >= 0.6 is 0 Å². The van der Waals surface area contributed by atoms with E-state index in [1.54, 1.807) is 30.5 Å². The second kappa shape index (κ2) is 6.70. The maximum atomic E-state index is 11.8. The fourth-order valence-corrected chi connectivity index (χ4v) is 2.00. The monoisotopic (exact) mass is 282 g/mol. The van der Waals surface area contributed by atoms with E-state index < -0.39 is 0 Å². The molecule has 4 heteroatoms. The van der Waals surface area contributed by atoms with E-state index in [1.165, 1.54) is 5.56 Å². The standard InChI is InChI=1S/C17H18N2O2/c1-12-3-6-15(13(2)9-12)10-17(21)19-18-11-14-4-7-16(20)8-5-14/h3-9,11,20H,10H2,1-2H3,(H,19,21)/b18-11+. The van der Waals surface area contributed by atoms with E-state index in [9.17, 15) is 4.79 Å². The van der Waals surface area contributed by atoms with Crippen molar-refractivity contribution in [1.29, 1.82) is 0 Å². The number of aryl methyl sites for hydroxylation is 2. The summed E-state index contributed by atoms with van der Waals surface area (Å²) in [6, 6.07) is 12.6. The first kappa shape index (κ1) is 14.8. The Bertz CT molecular complexity index is 661. The third-order valence-electron chi connectivity index (χ3n) is 3.15. The summed E-state index contributed by atoms with van der Waals surface area (Å²) in [6.07, 6.45) is 1.85. The van der Waals surface area contributed by atoms with E-state index in [-0.39, 0.29) is 11.7 Å². The van der Waals surface area contributed by atoms with Crippen molar-refractivity contribution in [3.8, 4) is 5.75 Å². The van der Waals surface area contributed by atoms with Crippen molar-refractivity contribution < 1.29 is 9.90 Å². The lowest BCUT2D eigenvalue weighted by Crippen LogP contribution is -2.20. The van der Waals surface area contributed by atoms with E-state index in [2.05, 4.69) is 16.6 Å². The number of hydrogen-bond acceptors (Lipinski definition) is 3. The molecule has 2 aromatic rings. The van der Waals surface area contributed by atoms with Gasteiger partial charge in [0, 0.05) is 0 Å². The molecule has 0 saturated carbocycles. The van der Waals surface area contributed by atoms with Crippen LogP contribution in [0, 0.1) is 13.8 Å². The topological polar surface area (TPSA) is 61.7 Å². The minimum absolute atomic E-state index is 0.156. The SMILES string of the molecule is Cc1ccc(CC(=O)N/N=C/c2ccc(O)cc2)c(C)c1. The molecule has 2 aromatic carbocycles. The molecule has 0 atom stereocenters. The molecule has 0 aliphatic heterocycles. The zero-order chi connectivity index (χ0) is 15.2. The van der Waals surface area contributed by atoms with Gasteiger partial charge in [0.25, 0.3) is 0 Å². The van der Waals surface area contributed by atoms with Crippen LogP contribution in [0.3, 0.4) is 0 Å². The summed E-state index contributed by atoms with van der Waals surface area (Å²) in [7, 11) is 0. The third kappa shape index (κ3) is 4.45. The van der Waals surface area contributed by atoms with Crippen molar-refractivity contribution >= 4 is 12.1 Å². The van der Waals surface area contributed by atoms with Crippen LogP contribution < -0.4 is 5.43 Å². The highest BCUT2D eigenvalue weighted by Gasteiger charge is 2.04. The number of nitrogens with zero attached hydrogens (tertiary/aromatic N) is 1.